The second-order valence-corrected chi connectivity index (χ2v) is 8.91. The van der Waals surface area contributed by atoms with Crippen molar-refractivity contribution in [2.75, 3.05) is 19.8 Å². The lowest BCUT2D eigenvalue weighted by molar-refractivity contribution is 0.0859. The van der Waals surface area contributed by atoms with Gasteiger partial charge < -0.3 is 13.3 Å². The third kappa shape index (κ3) is 7.56. The van der Waals surface area contributed by atoms with Gasteiger partial charge in [-0.3, -0.25) is 0 Å². The lowest BCUT2D eigenvalue weighted by Crippen LogP contribution is -2.56. The molecule has 146 valence electrons. The van der Waals surface area contributed by atoms with Crippen LogP contribution in [0.2, 0.25) is 0 Å². The molecule has 2 rings (SSSR count). The fourth-order valence-corrected chi connectivity index (χ4v) is 5.10. The Morgan fingerprint density at radius 2 is 1.11 bits per heavy atom. The number of rotatable bonds is 9. The molecule has 0 radical (unpaired) electrons. The first kappa shape index (κ1) is 23.5. The molecule has 2 aromatic carbocycles. The van der Waals surface area contributed by atoms with E-state index in [9.17, 15) is 0 Å². The Bertz CT molecular complexity index is 667. The highest BCUT2D eigenvalue weighted by molar-refractivity contribution is 9.10. The summed E-state index contributed by atoms with van der Waals surface area (Å²) in [5.74, 6) is 0. The quantitative estimate of drug-likeness (QED) is 0.461. The largest absolute Gasteiger partial charge is 0.537 e. The van der Waals surface area contributed by atoms with Crippen molar-refractivity contribution in [3.05, 3.63) is 77.3 Å². The van der Waals surface area contributed by atoms with Crippen molar-refractivity contribution in [1.82, 2.24) is 0 Å². The van der Waals surface area contributed by atoms with Crippen LogP contribution in [0.4, 0.5) is 0 Å². The molecule has 0 heterocycles. The fraction of sp³-hybridized carbons (Fsp3) is 0.273. The van der Waals surface area contributed by atoms with Crippen molar-refractivity contribution in [2.45, 2.75) is 20.8 Å². The van der Waals surface area contributed by atoms with Crippen LogP contribution < -0.4 is 5.19 Å². The fourth-order valence-electron chi connectivity index (χ4n) is 2.37. The van der Waals surface area contributed by atoms with Gasteiger partial charge in [0.15, 0.2) is 0 Å². The van der Waals surface area contributed by atoms with Gasteiger partial charge in [-0.05, 0) is 44.0 Å². The molecule has 3 nitrogen and oxygen atoms in total. The van der Waals surface area contributed by atoms with E-state index in [0.29, 0.717) is 19.8 Å². The van der Waals surface area contributed by atoms with Gasteiger partial charge in [0.1, 0.15) is 0 Å². The number of hydrogen-bond acceptors (Lipinski definition) is 3. The molecule has 0 bridgehead atoms. The zero-order chi connectivity index (χ0) is 20.1. The smallest absolute Gasteiger partial charge is 0.370 e. The molecule has 0 atom stereocenters. The first-order valence-electron chi connectivity index (χ1n) is 9.08. The Kier molecular flexibility index (Phi) is 11.2. The molecule has 0 fully saturated rings. The molecular formula is C22H29BrO3Si. The maximum absolute atomic E-state index is 5.84. The van der Waals surface area contributed by atoms with Gasteiger partial charge in [-0.25, -0.2) is 0 Å². The minimum absolute atomic E-state index is 0.579. The van der Waals surface area contributed by atoms with E-state index < -0.39 is 8.80 Å². The molecule has 0 saturated carbocycles. The predicted octanol–water partition coefficient (Wildman–Crippen LogP) is 5.68. The van der Waals surface area contributed by atoms with Gasteiger partial charge in [-0.2, -0.15) is 0 Å². The minimum atomic E-state index is -2.74. The van der Waals surface area contributed by atoms with Gasteiger partial charge in [0.25, 0.3) is 0 Å². The van der Waals surface area contributed by atoms with Crippen LogP contribution in [0.15, 0.2) is 66.2 Å². The summed E-state index contributed by atoms with van der Waals surface area (Å²) in [6.45, 7) is 15.0. The number of halogens is 1. The van der Waals surface area contributed by atoms with Crippen molar-refractivity contribution < 1.29 is 13.3 Å². The molecule has 0 aromatic heterocycles. The molecule has 0 aliphatic rings. The maximum Gasteiger partial charge on any atom is 0.537 e. The second kappa shape index (κ2) is 12.8. The molecule has 0 N–H and O–H groups in total. The lowest BCUT2D eigenvalue weighted by Gasteiger charge is -2.28. The third-order valence-electron chi connectivity index (χ3n) is 3.61. The molecule has 0 aliphatic carbocycles. The van der Waals surface area contributed by atoms with E-state index in [2.05, 4.69) is 29.1 Å². The van der Waals surface area contributed by atoms with Gasteiger partial charge in [0.2, 0.25) is 0 Å². The van der Waals surface area contributed by atoms with E-state index in [-0.39, 0.29) is 0 Å². The van der Waals surface area contributed by atoms with Gasteiger partial charge in [-0.15, -0.1) is 0 Å². The Morgan fingerprint density at radius 1 is 0.741 bits per heavy atom. The van der Waals surface area contributed by atoms with Crippen LogP contribution in [0.5, 0.6) is 0 Å². The highest BCUT2D eigenvalue weighted by Gasteiger charge is 2.42. The van der Waals surface area contributed by atoms with Crippen LogP contribution in [-0.2, 0) is 13.3 Å². The molecule has 0 spiro atoms. The van der Waals surface area contributed by atoms with E-state index in [1.165, 1.54) is 0 Å². The molecule has 27 heavy (non-hydrogen) atoms. The molecule has 2 aromatic rings. The van der Waals surface area contributed by atoms with Gasteiger partial charge in [0, 0.05) is 29.5 Å². The van der Waals surface area contributed by atoms with Crippen molar-refractivity contribution in [1.29, 1.82) is 0 Å². The van der Waals surface area contributed by atoms with E-state index in [0.717, 1.165) is 20.8 Å². The number of benzene rings is 2. The van der Waals surface area contributed by atoms with Crippen LogP contribution in [0.1, 0.15) is 31.9 Å². The zero-order valence-corrected chi connectivity index (χ0v) is 19.0. The Hall–Kier alpha value is -1.50. The topological polar surface area (TPSA) is 27.7 Å². The Labute approximate surface area is 173 Å². The summed E-state index contributed by atoms with van der Waals surface area (Å²) in [6.07, 6.45) is 3.64. The van der Waals surface area contributed by atoms with E-state index in [1.807, 2.05) is 81.5 Å². The molecule has 5 heteroatoms. The lowest BCUT2D eigenvalue weighted by atomic mass is 10.2. The summed E-state index contributed by atoms with van der Waals surface area (Å²) in [7, 11) is -2.74. The van der Waals surface area contributed by atoms with Gasteiger partial charge in [0.05, 0.1) is 0 Å². The standard InChI is InChI=1S/C14H22O3Si.C8H7Br/c1-5-13-9-11-14(12-10-13)18(15-6-2,16-7-3)17-8-4;1-2-7-3-5-8(9)6-4-7/h5,9-12H,1,6-8H2,2-4H3;2-6H,1H2. The van der Waals surface area contributed by atoms with Crippen molar-refractivity contribution >= 4 is 42.1 Å². The van der Waals surface area contributed by atoms with Crippen molar-refractivity contribution in [3.8, 4) is 0 Å². The van der Waals surface area contributed by atoms with Gasteiger partial charge >= 0.3 is 8.80 Å². The van der Waals surface area contributed by atoms with Crippen LogP contribution in [0, 0.1) is 0 Å². The molecule has 0 amide bonds. The Balaban J connectivity index is 0.000000337. The summed E-state index contributed by atoms with van der Waals surface area (Å²) in [5.41, 5.74) is 2.23. The SMILES string of the molecule is C=Cc1ccc(Br)cc1.C=Cc1ccc([Si](OCC)(OCC)OCC)cc1. The number of hydrogen-bond donors (Lipinski definition) is 0. The van der Waals surface area contributed by atoms with Crippen LogP contribution in [0.3, 0.4) is 0 Å². The second-order valence-electron chi connectivity index (χ2n) is 5.44. The van der Waals surface area contributed by atoms with E-state index >= 15 is 0 Å². The Morgan fingerprint density at radius 3 is 1.44 bits per heavy atom. The zero-order valence-electron chi connectivity index (χ0n) is 16.4. The van der Waals surface area contributed by atoms with Crippen molar-refractivity contribution in [3.63, 3.8) is 0 Å². The molecule has 0 aliphatic heterocycles. The maximum atomic E-state index is 5.84. The third-order valence-corrected chi connectivity index (χ3v) is 7.18. The normalized spacial score (nSPS) is 10.7. The van der Waals surface area contributed by atoms with Crippen LogP contribution in [-0.4, -0.2) is 28.6 Å². The monoisotopic (exact) mass is 448 g/mol. The first-order chi connectivity index (χ1) is 13.0. The van der Waals surface area contributed by atoms with Crippen LogP contribution in [0.25, 0.3) is 12.2 Å². The summed E-state index contributed by atoms with van der Waals surface area (Å²) >= 11 is 3.34. The predicted molar refractivity (Wildman–Crippen MR) is 121 cm³/mol. The average Bonchev–Trinajstić information content (AvgIpc) is 2.70. The summed E-state index contributed by atoms with van der Waals surface area (Å²) in [4.78, 5) is 0. The summed E-state index contributed by atoms with van der Waals surface area (Å²) < 4.78 is 18.6. The highest BCUT2D eigenvalue weighted by Crippen LogP contribution is 2.12. The minimum Gasteiger partial charge on any atom is -0.370 e. The molecule has 0 unspecified atom stereocenters. The van der Waals surface area contributed by atoms with Gasteiger partial charge in [-0.1, -0.05) is 77.6 Å². The van der Waals surface area contributed by atoms with Crippen molar-refractivity contribution in [2.24, 2.45) is 0 Å². The highest BCUT2D eigenvalue weighted by atomic mass is 79.9. The average molecular weight is 449 g/mol. The summed E-state index contributed by atoms with van der Waals surface area (Å²) in [6, 6.07) is 16.0. The van der Waals surface area contributed by atoms with E-state index in [4.69, 9.17) is 13.3 Å². The molecule has 0 saturated heterocycles. The summed E-state index contributed by atoms with van der Waals surface area (Å²) in [5, 5.41) is 0.999. The van der Waals surface area contributed by atoms with Crippen LogP contribution >= 0.6 is 15.9 Å². The first-order valence-corrected chi connectivity index (χ1v) is 11.6. The molecular weight excluding hydrogens is 420 g/mol. The van der Waals surface area contributed by atoms with E-state index in [1.54, 1.807) is 0 Å².